The lowest BCUT2D eigenvalue weighted by atomic mass is 10.3. The number of esters is 1. The van der Waals surface area contributed by atoms with Crippen LogP contribution >= 0.6 is 23.5 Å². The minimum absolute atomic E-state index is 0.174. The molecule has 0 saturated carbocycles. The molecule has 2 aromatic rings. The normalized spacial score (nSPS) is 17.3. The first-order valence-corrected chi connectivity index (χ1v) is 8.12. The van der Waals surface area contributed by atoms with E-state index >= 15 is 0 Å². The number of halogens is 1. The van der Waals surface area contributed by atoms with Crippen molar-refractivity contribution in [2.75, 3.05) is 11.9 Å². The molecule has 1 atom stereocenters. The molecule has 6 heteroatoms. The molecule has 2 aromatic carbocycles. The number of carbonyl (C=O) groups excluding carboxylic acids is 1. The maximum atomic E-state index is 11.4. The van der Waals surface area contributed by atoms with Gasteiger partial charge in [0.05, 0.1) is 6.61 Å². The molecule has 22 heavy (non-hydrogen) atoms. The van der Waals surface area contributed by atoms with Crippen molar-refractivity contribution in [2.24, 2.45) is 0 Å². The fourth-order valence-corrected chi connectivity index (χ4v) is 3.04. The van der Waals surface area contributed by atoms with E-state index in [9.17, 15) is 4.79 Å². The van der Waals surface area contributed by atoms with Crippen molar-refractivity contribution in [3.63, 3.8) is 0 Å². The van der Waals surface area contributed by atoms with E-state index in [1.54, 1.807) is 0 Å². The lowest BCUT2D eigenvalue weighted by Gasteiger charge is -2.09. The van der Waals surface area contributed by atoms with Crippen LogP contribution in [0.2, 0.25) is 5.02 Å². The first kappa shape index (κ1) is 15.2. The smallest absolute Gasteiger partial charge is 0.324 e. The van der Waals surface area contributed by atoms with E-state index in [4.69, 9.17) is 16.3 Å². The zero-order chi connectivity index (χ0) is 15.4. The number of hydrogen-bond acceptors (Lipinski definition) is 5. The Morgan fingerprint density at radius 3 is 2.64 bits per heavy atom. The third-order valence-electron chi connectivity index (χ3n) is 3.22. The molecule has 0 bridgehead atoms. The van der Waals surface area contributed by atoms with Crippen molar-refractivity contribution in [1.29, 1.82) is 0 Å². The van der Waals surface area contributed by atoms with E-state index in [0.717, 1.165) is 22.7 Å². The van der Waals surface area contributed by atoms with Crippen LogP contribution in [0.25, 0.3) is 0 Å². The Kier molecular flexibility index (Phi) is 4.87. The molecule has 3 rings (SSSR count). The number of benzene rings is 2. The Hall–Kier alpha value is -1.69. The summed E-state index contributed by atoms with van der Waals surface area (Å²) in [6.07, 6.45) is 0.722. The number of nitrogens with one attached hydrogen (secondary N) is 2. The second-order valence-electron chi connectivity index (χ2n) is 4.89. The summed E-state index contributed by atoms with van der Waals surface area (Å²) >= 11 is 7.40. The first-order valence-electron chi connectivity index (χ1n) is 6.92. The van der Waals surface area contributed by atoms with Gasteiger partial charge in [0.1, 0.15) is 6.04 Å². The molecule has 1 saturated heterocycles. The van der Waals surface area contributed by atoms with Crippen molar-refractivity contribution in [3.05, 3.63) is 53.6 Å². The van der Waals surface area contributed by atoms with Gasteiger partial charge in [0.2, 0.25) is 0 Å². The maximum Gasteiger partial charge on any atom is 0.324 e. The van der Waals surface area contributed by atoms with Gasteiger partial charge in [0, 0.05) is 27.7 Å². The summed E-state index contributed by atoms with van der Waals surface area (Å²) in [6, 6.07) is 15.3. The summed E-state index contributed by atoms with van der Waals surface area (Å²) in [4.78, 5) is 12.4. The minimum Gasteiger partial charge on any atom is -0.464 e. The summed E-state index contributed by atoms with van der Waals surface area (Å²) in [6.45, 7) is 0.500. The second kappa shape index (κ2) is 7.05. The molecule has 0 spiro atoms. The molecular weight excluding hydrogens is 320 g/mol. The van der Waals surface area contributed by atoms with Crippen LogP contribution < -0.4 is 10.0 Å². The largest absolute Gasteiger partial charge is 0.464 e. The molecule has 1 aliphatic heterocycles. The van der Waals surface area contributed by atoms with Gasteiger partial charge in [-0.25, -0.2) is 4.72 Å². The molecule has 1 heterocycles. The van der Waals surface area contributed by atoms with Crippen LogP contribution in [-0.4, -0.2) is 18.6 Å². The van der Waals surface area contributed by atoms with Gasteiger partial charge in [-0.1, -0.05) is 17.7 Å². The molecule has 1 aliphatic rings. The average molecular weight is 335 g/mol. The minimum atomic E-state index is -0.214. The van der Waals surface area contributed by atoms with E-state index < -0.39 is 0 Å². The number of cyclic esters (lactones) is 1. The molecule has 0 aromatic heterocycles. The number of ether oxygens (including phenoxy) is 1. The van der Waals surface area contributed by atoms with Crippen LogP contribution in [0.4, 0.5) is 11.4 Å². The summed E-state index contributed by atoms with van der Waals surface area (Å²) in [5.41, 5.74) is 1.92. The number of hydrogen-bond donors (Lipinski definition) is 2. The Morgan fingerprint density at radius 1 is 1.14 bits per heavy atom. The van der Waals surface area contributed by atoms with E-state index in [0.29, 0.717) is 11.6 Å². The van der Waals surface area contributed by atoms with Crippen LogP contribution in [0.1, 0.15) is 6.42 Å². The van der Waals surface area contributed by atoms with Crippen molar-refractivity contribution in [2.45, 2.75) is 17.4 Å². The molecule has 4 nitrogen and oxygen atoms in total. The highest BCUT2D eigenvalue weighted by atomic mass is 35.5. The Balaban J connectivity index is 1.57. The molecule has 114 valence electrons. The van der Waals surface area contributed by atoms with Crippen molar-refractivity contribution >= 4 is 40.9 Å². The molecule has 1 unspecified atom stereocenters. The lowest BCUT2D eigenvalue weighted by molar-refractivity contribution is -0.139. The van der Waals surface area contributed by atoms with Crippen molar-refractivity contribution in [1.82, 2.24) is 4.72 Å². The van der Waals surface area contributed by atoms with Crippen LogP contribution in [0, 0.1) is 0 Å². The van der Waals surface area contributed by atoms with Crippen LogP contribution in [0.15, 0.2) is 53.4 Å². The van der Waals surface area contributed by atoms with E-state index in [1.165, 1.54) is 11.9 Å². The van der Waals surface area contributed by atoms with Gasteiger partial charge < -0.3 is 10.1 Å². The second-order valence-corrected chi connectivity index (χ2v) is 6.24. The molecule has 0 amide bonds. The third kappa shape index (κ3) is 3.94. The molecule has 0 radical (unpaired) electrons. The summed E-state index contributed by atoms with van der Waals surface area (Å²) in [5.74, 6) is -0.174. The van der Waals surface area contributed by atoms with Gasteiger partial charge in [-0.2, -0.15) is 0 Å². The topological polar surface area (TPSA) is 50.4 Å². The standard InChI is InChI=1S/C16H15ClN2O2S/c17-11-2-1-3-13(10-11)18-12-4-6-14(7-5-12)22-19-15-8-9-21-16(15)20/h1-7,10,15,18-19H,8-9H2. The predicted octanol–water partition coefficient (Wildman–Crippen LogP) is 4.00. The quantitative estimate of drug-likeness (QED) is 0.639. The zero-order valence-electron chi connectivity index (χ0n) is 11.7. The Morgan fingerprint density at radius 2 is 1.95 bits per heavy atom. The highest BCUT2D eigenvalue weighted by Gasteiger charge is 2.25. The lowest BCUT2D eigenvalue weighted by Crippen LogP contribution is -2.27. The number of carbonyl (C=O) groups is 1. The number of rotatable bonds is 5. The van der Waals surface area contributed by atoms with Crippen molar-refractivity contribution < 1.29 is 9.53 Å². The van der Waals surface area contributed by atoms with Gasteiger partial charge in [-0.05, 0) is 54.4 Å². The van der Waals surface area contributed by atoms with Crippen molar-refractivity contribution in [3.8, 4) is 0 Å². The first-order chi connectivity index (χ1) is 10.7. The van der Waals surface area contributed by atoms with E-state index in [-0.39, 0.29) is 12.0 Å². The molecule has 0 aliphatic carbocycles. The summed E-state index contributed by atoms with van der Waals surface area (Å²) < 4.78 is 8.04. The van der Waals surface area contributed by atoms with Crippen LogP contribution in [0.5, 0.6) is 0 Å². The van der Waals surface area contributed by atoms with E-state index in [1.807, 2.05) is 48.5 Å². The van der Waals surface area contributed by atoms with E-state index in [2.05, 4.69) is 10.0 Å². The Labute approximate surface area is 138 Å². The number of anilines is 2. The molecule has 1 fully saturated rings. The highest BCUT2D eigenvalue weighted by molar-refractivity contribution is 7.97. The maximum absolute atomic E-state index is 11.4. The fourth-order valence-electron chi connectivity index (χ4n) is 2.08. The third-order valence-corrected chi connectivity index (χ3v) is 4.37. The predicted molar refractivity (Wildman–Crippen MR) is 89.5 cm³/mol. The van der Waals surface area contributed by atoms with Gasteiger partial charge in [-0.3, -0.25) is 4.79 Å². The highest BCUT2D eigenvalue weighted by Crippen LogP contribution is 2.23. The van der Waals surface area contributed by atoms with Gasteiger partial charge in [-0.15, -0.1) is 0 Å². The fraction of sp³-hybridized carbons (Fsp3) is 0.188. The van der Waals surface area contributed by atoms with Gasteiger partial charge >= 0.3 is 5.97 Å². The molecule has 2 N–H and O–H groups in total. The zero-order valence-corrected chi connectivity index (χ0v) is 13.3. The van der Waals surface area contributed by atoms with Crippen LogP contribution in [-0.2, 0) is 9.53 Å². The van der Waals surface area contributed by atoms with Gasteiger partial charge in [0.15, 0.2) is 0 Å². The summed E-state index contributed by atoms with van der Waals surface area (Å²) in [5, 5.41) is 3.99. The Bertz CT molecular complexity index is 663. The molecular formula is C16H15ClN2O2S. The average Bonchev–Trinajstić information content (AvgIpc) is 2.92. The van der Waals surface area contributed by atoms with Gasteiger partial charge in [0.25, 0.3) is 0 Å². The summed E-state index contributed by atoms with van der Waals surface area (Å²) in [7, 11) is 0. The SMILES string of the molecule is O=C1OCCC1NSc1ccc(Nc2cccc(Cl)c2)cc1. The monoisotopic (exact) mass is 334 g/mol. The van der Waals surface area contributed by atoms with Crippen LogP contribution in [0.3, 0.4) is 0 Å².